The number of aliphatic hydroxyl groups excluding tert-OH is 1. The smallest absolute Gasteiger partial charge is 0.339 e. The summed E-state index contributed by atoms with van der Waals surface area (Å²) in [6.07, 6.45) is 4.79. The molecule has 1 saturated heterocycles. The lowest BCUT2D eigenvalue weighted by Crippen LogP contribution is -2.26. The van der Waals surface area contributed by atoms with E-state index in [-0.39, 0.29) is 41.3 Å². The van der Waals surface area contributed by atoms with Crippen LogP contribution in [0.5, 0.6) is 5.75 Å². The van der Waals surface area contributed by atoms with E-state index in [2.05, 4.69) is 30.9 Å². The third-order valence-corrected chi connectivity index (χ3v) is 5.42. The van der Waals surface area contributed by atoms with Gasteiger partial charge in [-0.3, -0.25) is 9.59 Å². The summed E-state index contributed by atoms with van der Waals surface area (Å²) in [4.78, 5) is 45.7. The van der Waals surface area contributed by atoms with Gasteiger partial charge in [-0.25, -0.2) is 14.8 Å². The quantitative estimate of drug-likeness (QED) is 0.313. The van der Waals surface area contributed by atoms with Gasteiger partial charge in [0.05, 0.1) is 17.8 Å². The largest absolute Gasteiger partial charge is 0.482 e. The Balaban J connectivity index is 0.000000336. The fourth-order valence-electron chi connectivity index (χ4n) is 3.69. The molecule has 2 aromatic heterocycles. The minimum atomic E-state index is -1.15. The highest BCUT2D eigenvalue weighted by molar-refractivity contribution is 6.08. The van der Waals surface area contributed by atoms with E-state index < -0.39 is 11.9 Å². The second-order valence-corrected chi connectivity index (χ2v) is 7.78. The van der Waals surface area contributed by atoms with Crippen LogP contribution in [0.3, 0.4) is 0 Å². The minimum absolute atomic E-state index is 0.0265. The topological polar surface area (TPSA) is 179 Å². The van der Waals surface area contributed by atoms with Gasteiger partial charge >= 0.3 is 5.97 Å². The van der Waals surface area contributed by atoms with Crippen molar-refractivity contribution >= 4 is 34.5 Å². The number of nitrogens with zero attached hydrogens (tertiary/aromatic N) is 2. The molecular weight excluding hydrogens is 444 g/mol. The number of amides is 2. The summed E-state index contributed by atoms with van der Waals surface area (Å²) in [5, 5.41) is 26.2. The lowest BCUT2D eigenvalue weighted by atomic mass is 10.1. The third-order valence-electron chi connectivity index (χ3n) is 5.42. The number of carboxylic acid groups (broad SMARTS) is 1. The molecule has 2 aliphatic rings. The molecule has 5 rings (SSSR count). The molecule has 0 aliphatic carbocycles. The van der Waals surface area contributed by atoms with Gasteiger partial charge in [0.1, 0.15) is 23.2 Å². The Kier molecular flexibility index (Phi) is 6.99. The first kappa shape index (κ1) is 23.1. The highest BCUT2D eigenvalue weighted by atomic mass is 16.5. The maximum Gasteiger partial charge on any atom is 0.339 e. The van der Waals surface area contributed by atoms with Crippen LogP contribution in [-0.2, 0) is 11.3 Å². The van der Waals surface area contributed by atoms with Crippen molar-refractivity contribution in [1.82, 2.24) is 25.6 Å². The third kappa shape index (κ3) is 5.13. The molecule has 3 aromatic rings. The molecular formula is C22H24N6O6. The number of carbonyl (C=O) groups is 3. The zero-order chi connectivity index (χ0) is 24.1. The van der Waals surface area contributed by atoms with Crippen molar-refractivity contribution in [2.75, 3.05) is 25.1 Å². The van der Waals surface area contributed by atoms with Gasteiger partial charge in [0.25, 0.3) is 11.8 Å². The molecule has 1 aromatic carbocycles. The lowest BCUT2D eigenvalue weighted by molar-refractivity contribution is -0.118. The first-order valence-electron chi connectivity index (χ1n) is 10.7. The van der Waals surface area contributed by atoms with Crippen LogP contribution in [0.4, 0.5) is 5.69 Å². The summed E-state index contributed by atoms with van der Waals surface area (Å²) in [5.41, 5.74) is 1.71. The van der Waals surface area contributed by atoms with E-state index in [4.69, 9.17) is 14.9 Å². The highest BCUT2D eigenvalue weighted by Gasteiger charge is 2.20. The number of benzene rings is 1. The molecule has 1 fully saturated rings. The Morgan fingerprint density at radius 2 is 2.12 bits per heavy atom. The van der Waals surface area contributed by atoms with Crippen LogP contribution in [0.1, 0.15) is 39.3 Å². The van der Waals surface area contributed by atoms with Crippen LogP contribution in [0.15, 0.2) is 30.7 Å². The summed E-state index contributed by atoms with van der Waals surface area (Å²) in [6.45, 7) is 1.55. The monoisotopic (exact) mass is 468 g/mol. The number of H-pyrrole nitrogens is 1. The fourth-order valence-corrected chi connectivity index (χ4v) is 3.69. The number of fused-ring (bicyclic) bond motifs is 2. The first-order chi connectivity index (χ1) is 16.5. The van der Waals surface area contributed by atoms with Crippen LogP contribution < -0.4 is 20.7 Å². The van der Waals surface area contributed by atoms with E-state index >= 15 is 0 Å². The van der Waals surface area contributed by atoms with Crippen molar-refractivity contribution in [3.8, 4) is 5.75 Å². The van der Waals surface area contributed by atoms with Gasteiger partial charge in [-0.15, -0.1) is 0 Å². The molecule has 6 N–H and O–H groups in total. The van der Waals surface area contributed by atoms with Crippen LogP contribution in [-0.4, -0.2) is 68.7 Å². The Bertz CT molecular complexity index is 1220. The average Bonchev–Trinajstić information content (AvgIpc) is 3.52. The molecule has 178 valence electrons. The van der Waals surface area contributed by atoms with E-state index in [1.807, 2.05) is 0 Å². The Hall–Kier alpha value is -4.03. The SMILES string of the molecule is O=C1COc2ccc(CNC(=O)c3ncnc4c(C(=O)O)c[nH]c34)cc2N1.OC[C@@H]1CCCN1. The second-order valence-electron chi connectivity index (χ2n) is 7.78. The Morgan fingerprint density at radius 3 is 2.82 bits per heavy atom. The van der Waals surface area contributed by atoms with Crippen LogP contribution in [0, 0.1) is 0 Å². The number of anilines is 1. The molecule has 12 nitrogen and oxygen atoms in total. The lowest BCUT2D eigenvalue weighted by Gasteiger charge is -2.18. The summed E-state index contributed by atoms with van der Waals surface area (Å²) < 4.78 is 5.29. The molecule has 2 amide bonds. The fraction of sp³-hybridized carbons (Fsp3) is 0.318. The van der Waals surface area contributed by atoms with Gasteiger partial charge in [0.15, 0.2) is 12.3 Å². The highest BCUT2D eigenvalue weighted by Crippen LogP contribution is 2.28. The summed E-state index contributed by atoms with van der Waals surface area (Å²) in [5.74, 6) is -1.31. The molecule has 0 saturated carbocycles. The number of aromatic carboxylic acids is 1. The molecule has 0 radical (unpaired) electrons. The number of carboxylic acids is 1. The molecule has 0 bridgehead atoms. The van der Waals surface area contributed by atoms with Crippen LogP contribution >= 0.6 is 0 Å². The van der Waals surface area contributed by atoms with E-state index in [9.17, 15) is 14.4 Å². The number of aliphatic hydroxyl groups is 1. The van der Waals surface area contributed by atoms with Gasteiger partial charge < -0.3 is 35.9 Å². The number of aromatic amines is 1. The normalized spacial score (nSPS) is 16.6. The van der Waals surface area contributed by atoms with Crippen molar-refractivity contribution in [3.63, 3.8) is 0 Å². The first-order valence-corrected chi connectivity index (χ1v) is 10.7. The van der Waals surface area contributed by atoms with Gasteiger partial charge in [-0.05, 0) is 37.1 Å². The maximum absolute atomic E-state index is 12.5. The number of aromatic nitrogens is 3. The van der Waals surface area contributed by atoms with E-state index in [1.54, 1.807) is 18.2 Å². The van der Waals surface area contributed by atoms with Crippen LogP contribution in [0.25, 0.3) is 11.0 Å². The number of nitrogens with one attached hydrogen (secondary N) is 4. The number of hydrogen-bond acceptors (Lipinski definition) is 8. The van der Waals surface area contributed by atoms with E-state index in [1.165, 1.54) is 12.6 Å². The number of rotatable bonds is 5. The molecule has 0 spiro atoms. The van der Waals surface area contributed by atoms with Crippen molar-refractivity contribution in [3.05, 3.63) is 47.5 Å². The summed E-state index contributed by atoms with van der Waals surface area (Å²) in [6, 6.07) is 5.59. The van der Waals surface area contributed by atoms with E-state index in [0.717, 1.165) is 24.9 Å². The number of carbonyl (C=O) groups excluding carboxylic acids is 2. The van der Waals surface area contributed by atoms with Crippen molar-refractivity contribution in [2.45, 2.75) is 25.4 Å². The molecule has 1 atom stereocenters. The molecule has 4 heterocycles. The Labute approximate surface area is 193 Å². The Morgan fingerprint density at radius 1 is 1.26 bits per heavy atom. The standard InChI is InChI=1S/C17H13N5O5.C5H11NO/c23-12-6-27-11-2-1-8(3-10(11)22-12)4-19-16(24)15-14-13(20-7-21-15)9(5-18-14)17(25)26;7-4-5-2-1-3-6-5/h1-3,5,7,18H,4,6H2,(H,19,24)(H,22,23)(H,25,26);5-7H,1-4H2/t;5-/m.0/s1. The second kappa shape index (κ2) is 10.3. The predicted octanol–water partition coefficient (Wildman–Crippen LogP) is 0.648. The molecule has 2 aliphatic heterocycles. The van der Waals surface area contributed by atoms with Gasteiger partial charge in [0, 0.05) is 18.8 Å². The molecule has 34 heavy (non-hydrogen) atoms. The van der Waals surface area contributed by atoms with Crippen LogP contribution in [0.2, 0.25) is 0 Å². The predicted molar refractivity (Wildman–Crippen MR) is 121 cm³/mol. The molecule has 0 unspecified atom stereocenters. The average molecular weight is 468 g/mol. The van der Waals surface area contributed by atoms with Crippen molar-refractivity contribution in [2.24, 2.45) is 0 Å². The zero-order valence-electron chi connectivity index (χ0n) is 18.1. The number of hydrogen-bond donors (Lipinski definition) is 6. The molecule has 12 heteroatoms. The van der Waals surface area contributed by atoms with Gasteiger partial charge in [0.2, 0.25) is 0 Å². The zero-order valence-corrected chi connectivity index (χ0v) is 18.1. The maximum atomic E-state index is 12.5. The van der Waals surface area contributed by atoms with Crippen molar-refractivity contribution in [1.29, 1.82) is 0 Å². The summed E-state index contributed by atoms with van der Waals surface area (Å²) in [7, 11) is 0. The number of ether oxygens (including phenoxy) is 1. The van der Waals surface area contributed by atoms with E-state index in [0.29, 0.717) is 24.1 Å². The minimum Gasteiger partial charge on any atom is -0.482 e. The van der Waals surface area contributed by atoms with Gasteiger partial charge in [-0.2, -0.15) is 0 Å². The summed E-state index contributed by atoms with van der Waals surface area (Å²) >= 11 is 0. The van der Waals surface area contributed by atoms with Crippen molar-refractivity contribution < 1.29 is 29.3 Å². The van der Waals surface area contributed by atoms with Gasteiger partial charge in [-0.1, -0.05) is 6.07 Å².